The van der Waals surface area contributed by atoms with Crippen molar-refractivity contribution in [2.45, 2.75) is 0 Å². The van der Waals surface area contributed by atoms with Crippen LogP contribution in [0.1, 0.15) is 0 Å². The molecule has 6 rings (SSSR count). The largest absolute Gasteiger partial charge is 2.00 e. The van der Waals surface area contributed by atoms with E-state index in [1.807, 2.05) is 24.3 Å². The van der Waals surface area contributed by atoms with Crippen molar-refractivity contribution in [3.05, 3.63) is 103 Å². The maximum absolute atomic E-state index is 7.13. The molecule has 0 fully saturated rings. The molecule has 0 unspecified atom stereocenters. The molecule has 4 heterocycles. The number of halogens is 1. The van der Waals surface area contributed by atoms with Crippen LogP contribution in [0.25, 0.3) is 49.0 Å². The van der Waals surface area contributed by atoms with Crippen LogP contribution in [0, 0.1) is 0 Å². The molecule has 0 atom stereocenters. The first-order valence-electron chi connectivity index (χ1n) is 9.50. The minimum absolute atomic E-state index is 0. The predicted molar refractivity (Wildman–Crippen MR) is 130 cm³/mol. The minimum Gasteiger partial charge on any atom is -1.00 e. The van der Waals surface area contributed by atoms with Crippen LogP contribution in [0.15, 0.2) is 97.6 Å². The molecule has 165 valence electrons. The van der Waals surface area contributed by atoms with Gasteiger partial charge in [0.1, 0.15) is 0 Å². The van der Waals surface area contributed by atoms with Crippen molar-refractivity contribution in [1.82, 2.24) is 19.9 Å². The van der Waals surface area contributed by atoms with Gasteiger partial charge >= 0.3 is 17.1 Å². The molecule has 1 radical (unpaired) electrons. The Morgan fingerprint density at radius 2 is 0.727 bits per heavy atom. The fourth-order valence-corrected chi connectivity index (χ4v) is 3.36. The van der Waals surface area contributed by atoms with E-state index in [4.69, 9.17) is 5.41 Å². The zero-order valence-corrected chi connectivity index (χ0v) is 19.6. The molecule has 0 saturated carbocycles. The molecule has 8 heteroatoms. The molecular weight excluding hydrogens is 501 g/mol. The number of hydrogen-bond donors (Lipinski definition) is 0. The number of rotatable bonds is 0. The number of thiocarbonyl (C=S) groups is 1. The third-order valence-corrected chi connectivity index (χ3v) is 4.69. The molecular formula is C25H16ClCuN5S. The van der Waals surface area contributed by atoms with Crippen molar-refractivity contribution in [3.8, 4) is 0 Å². The Labute approximate surface area is 212 Å². The zero-order valence-electron chi connectivity index (χ0n) is 17.1. The summed E-state index contributed by atoms with van der Waals surface area (Å²) in [5, 5.41) is 13.0. The normalized spacial score (nSPS) is 9.45. The molecule has 0 aliphatic carbocycles. The standard InChI is InChI=1S/2C12H8N2.CNS.ClH.Cu/c2*1-3-9-5-6-10-4-2-8-14-12(10)11(9)13-7-1;2-1-3;;/h2*1-8H;;1H;/q;;-1;;+2/p-1. The molecule has 33 heavy (non-hydrogen) atoms. The minimum atomic E-state index is 0. The van der Waals surface area contributed by atoms with Crippen LogP contribution in [-0.4, -0.2) is 25.1 Å². The topological polar surface area (TPSA) is 73.9 Å². The Hall–Kier alpha value is -3.31. The van der Waals surface area contributed by atoms with E-state index in [0.717, 1.165) is 43.6 Å². The van der Waals surface area contributed by atoms with Crippen LogP contribution in [0.2, 0.25) is 0 Å². The SMILES string of the molecule is [Cl-].[Cu+2].[N-]=C=S.c1cnc2c(c1)ccc1cccnc12.c1cnc2c(c1)ccc1cccnc12. The van der Waals surface area contributed by atoms with Gasteiger partial charge in [0.05, 0.1) is 22.1 Å². The van der Waals surface area contributed by atoms with Crippen LogP contribution in [0.4, 0.5) is 0 Å². The van der Waals surface area contributed by atoms with Crippen molar-refractivity contribution in [3.63, 3.8) is 0 Å². The fourth-order valence-electron chi connectivity index (χ4n) is 3.36. The number of hydrogen-bond acceptors (Lipinski definition) is 5. The van der Waals surface area contributed by atoms with Crippen LogP contribution >= 0.6 is 12.2 Å². The molecule has 5 nitrogen and oxygen atoms in total. The van der Waals surface area contributed by atoms with E-state index >= 15 is 0 Å². The molecule has 0 aliphatic rings. The molecule has 0 aliphatic heterocycles. The Morgan fingerprint density at radius 3 is 0.939 bits per heavy atom. The maximum atomic E-state index is 7.13. The molecule has 4 aromatic heterocycles. The first-order chi connectivity index (χ1) is 15.3. The second-order valence-corrected chi connectivity index (χ2v) is 6.71. The van der Waals surface area contributed by atoms with Crippen LogP contribution in [-0.2, 0) is 17.1 Å². The van der Waals surface area contributed by atoms with Gasteiger partial charge in [0.2, 0.25) is 0 Å². The third-order valence-electron chi connectivity index (χ3n) is 4.69. The molecule has 0 bridgehead atoms. The number of benzene rings is 2. The van der Waals surface area contributed by atoms with Crippen molar-refractivity contribution < 1.29 is 29.5 Å². The number of isothiocyanates is 1. The number of pyridine rings is 4. The molecule has 0 N–H and O–H groups in total. The van der Waals surface area contributed by atoms with Gasteiger partial charge in [-0.25, -0.2) is 0 Å². The maximum Gasteiger partial charge on any atom is 2.00 e. The Morgan fingerprint density at radius 1 is 0.515 bits per heavy atom. The summed E-state index contributed by atoms with van der Waals surface area (Å²) in [6, 6.07) is 24.3. The summed E-state index contributed by atoms with van der Waals surface area (Å²) in [5.41, 5.74) is 3.91. The van der Waals surface area contributed by atoms with Crippen LogP contribution in [0.5, 0.6) is 0 Å². The Kier molecular flexibility index (Phi) is 9.95. The number of nitrogens with zero attached hydrogens (tertiary/aromatic N) is 5. The molecule has 0 saturated heterocycles. The van der Waals surface area contributed by atoms with E-state index in [-0.39, 0.29) is 29.5 Å². The third kappa shape index (κ3) is 5.93. The average molecular weight is 518 g/mol. The summed E-state index contributed by atoms with van der Waals surface area (Å²) in [6.45, 7) is 0. The van der Waals surface area contributed by atoms with E-state index in [0.29, 0.717) is 0 Å². The molecule has 6 aromatic rings. The monoisotopic (exact) mass is 516 g/mol. The summed E-state index contributed by atoms with van der Waals surface area (Å²) in [6.07, 6.45) is 7.21. The predicted octanol–water partition coefficient (Wildman–Crippen LogP) is 3.23. The summed E-state index contributed by atoms with van der Waals surface area (Å²) >= 11 is 3.70. The van der Waals surface area contributed by atoms with Gasteiger partial charge in [0.25, 0.3) is 0 Å². The second-order valence-electron chi connectivity index (χ2n) is 6.52. The van der Waals surface area contributed by atoms with Crippen molar-refractivity contribution in [2.75, 3.05) is 0 Å². The van der Waals surface area contributed by atoms with Crippen LogP contribution < -0.4 is 12.4 Å². The average Bonchev–Trinajstić information content (AvgIpc) is 2.85. The molecule has 2 aromatic carbocycles. The number of fused-ring (bicyclic) bond motifs is 6. The van der Waals surface area contributed by atoms with Gasteiger partial charge in [-0.3, -0.25) is 19.9 Å². The van der Waals surface area contributed by atoms with Gasteiger partial charge in [-0.2, -0.15) is 5.16 Å². The van der Waals surface area contributed by atoms with E-state index < -0.39 is 0 Å². The van der Waals surface area contributed by atoms with Gasteiger partial charge in [0.15, 0.2) is 0 Å². The first-order valence-corrected chi connectivity index (χ1v) is 9.91. The van der Waals surface area contributed by atoms with Gasteiger partial charge < -0.3 is 17.8 Å². The summed E-state index contributed by atoms with van der Waals surface area (Å²) < 4.78 is 0. The van der Waals surface area contributed by atoms with E-state index in [9.17, 15) is 0 Å². The van der Waals surface area contributed by atoms with Crippen LogP contribution in [0.3, 0.4) is 0 Å². The summed E-state index contributed by atoms with van der Waals surface area (Å²) in [7, 11) is 0. The number of aromatic nitrogens is 4. The first kappa shape index (κ1) is 25.9. The summed E-state index contributed by atoms with van der Waals surface area (Å²) in [5.74, 6) is 0. The van der Waals surface area contributed by atoms with Crippen molar-refractivity contribution in [2.24, 2.45) is 0 Å². The Bertz CT molecular complexity index is 1320. The van der Waals surface area contributed by atoms with E-state index in [1.54, 1.807) is 24.8 Å². The quantitative estimate of drug-likeness (QED) is 0.134. The zero-order chi connectivity index (χ0) is 21.5. The second kappa shape index (κ2) is 12.7. The van der Waals surface area contributed by atoms with Gasteiger partial charge in [-0.05, 0) is 24.3 Å². The van der Waals surface area contributed by atoms with Gasteiger partial charge in [-0.1, -0.05) is 60.7 Å². The van der Waals surface area contributed by atoms with Crippen molar-refractivity contribution >= 4 is 61.0 Å². The van der Waals surface area contributed by atoms with Gasteiger partial charge in [-0.15, -0.1) is 0 Å². The smallest absolute Gasteiger partial charge is 1.00 e. The van der Waals surface area contributed by atoms with E-state index in [1.165, 1.54) is 5.16 Å². The Balaban J connectivity index is 0.000000198. The summed E-state index contributed by atoms with van der Waals surface area (Å²) in [4.78, 5) is 17.4. The fraction of sp³-hybridized carbons (Fsp3) is 0. The van der Waals surface area contributed by atoms with Crippen molar-refractivity contribution in [1.29, 1.82) is 0 Å². The van der Waals surface area contributed by atoms with E-state index in [2.05, 4.69) is 80.7 Å². The molecule has 0 amide bonds. The van der Waals surface area contributed by atoms with Gasteiger partial charge in [0, 0.05) is 46.3 Å². The molecule has 0 spiro atoms.